The summed E-state index contributed by atoms with van der Waals surface area (Å²) in [4.78, 5) is 34.4. The first-order valence-electron chi connectivity index (χ1n) is 7.72. The number of benzene rings is 2. The van der Waals surface area contributed by atoms with Crippen LogP contribution in [0.1, 0.15) is 28.4 Å². The Balaban J connectivity index is 1.99. The lowest BCUT2D eigenvalue weighted by molar-refractivity contribution is -0.385. The van der Waals surface area contributed by atoms with E-state index in [1.54, 1.807) is 12.1 Å². The molecule has 0 bridgehead atoms. The molecule has 0 unspecified atom stereocenters. The lowest BCUT2D eigenvalue weighted by Crippen LogP contribution is -2.21. The van der Waals surface area contributed by atoms with Crippen LogP contribution < -0.4 is 5.32 Å². The number of esters is 1. The molecule has 1 N–H and O–H groups in total. The first kappa shape index (κ1) is 18.1. The van der Waals surface area contributed by atoms with Gasteiger partial charge in [0.2, 0.25) is 0 Å². The highest BCUT2D eigenvalue weighted by Crippen LogP contribution is 2.23. The maximum atomic E-state index is 12.1. The van der Waals surface area contributed by atoms with E-state index in [0.717, 1.165) is 12.0 Å². The fraction of sp³-hybridized carbons (Fsp3) is 0.222. The molecule has 130 valence electrons. The van der Waals surface area contributed by atoms with Gasteiger partial charge in [0.15, 0.2) is 6.61 Å². The van der Waals surface area contributed by atoms with Crippen molar-refractivity contribution in [3.8, 4) is 0 Å². The van der Waals surface area contributed by atoms with Gasteiger partial charge in [0, 0.05) is 11.3 Å². The number of carbonyl (C=O) groups is 2. The van der Waals surface area contributed by atoms with Gasteiger partial charge in [-0.2, -0.15) is 0 Å². The molecule has 1 amide bonds. The quantitative estimate of drug-likeness (QED) is 0.493. The second-order valence-electron chi connectivity index (χ2n) is 5.40. The molecule has 0 aliphatic heterocycles. The number of ether oxygens (including phenoxy) is 1. The van der Waals surface area contributed by atoms with Crippen molar-refractivity contribution in [2.24, 2.45) is 0 Å². The molecule has 0 atom stereocenters. The highest BCUT2D eigenvalue weighted by atomic mass is 16.6. The van der Waals surface area contributed by atoms with Crippen LogP contribution in [-0.4, -0.2) is 23.4 Å². The first-order chi connectivity index (χ1) is 11.9. The van der Waals surface area contributed by atoms with E-state index in [9.17, 15) is 19.7 Å². The average molecular weight is 342 g/mol. The Morgan fingerprint density at radius 3 is 2.44 bits per heavy atom. The number of anilines is 1. The number of para-hydroxylation sites is 1. The number of rotatable bonds is 6. The third kappa shape index (κ3) is 4.63. The Kier molecular flexibility index (Phi) is 5.84. The number of amides is 1. The zero-order valence-electron chi connectivity index (χ0n) is 13.9. The molecule has 2 rings (SSSR count). The van der Waals surface area contributed by atoms with E-state index in [4.69, 9.17) is 4.74 Å². The summed E-state index contributed by atoms with van der Waals surface area (Å²) in [6.07, 6.45) is 0.890. The number of nitrogens with zero attached hydrogens (tertiary/aromatic N) is 1. The summed E-state index contributed by atoms with van der Waals surface area (Å²) in [5.41, 5.74) is 1.57. The lowest BCUT2D eigenvalue weighted by atomic mass is 10.1. The molecule has 0 saturated carbocycles. The molecule has 0 aromatic heterocycles. The summed E-state index contributed by atoms with van der Waals surface area (Å²) in [6, 6.07) is 11.6. The Bertz CT molecular complexity index is 800. The number of carbonyl (C=O) groups excluding carboxylic acids is 2. The summed E-state index contributed by atoms with van der Waals surface area (Å²) in [5, 5.41) is 13.7. The predicted octanol–water partition coefficient (Wildman–Crippen LogP) is 3.26. The first-order valence-corrected chi connectivity index (χ1v) is 7.72. The van der Waals surface area contributed by atoms with Crippen molar-refractivity contribution in [1.29, 1.82) is 0 Å². The van der Waals surface area contributed by atoms with Crippen molar-refractivity contribution in [3.63, 3.8) is 0 Å². The van der Waals surface area contributed by atoms with Gasteiger partial charge >= 0.3 is 5.97 Å². The number of hydrogen-bond donors (Lipinski definition) is 1. The van der Waals surface area contributed by atoms with Crippen molar-refractivity contribution in [3.05, 3.63) is 69.3 Å². The standard InChI is InChI=1S/C18H18N2O5/c1-3-13-7-9-14(10-8-13)19-16(21)11-25-18(22)15-6-4-5-12(2)17(15)20(23)24/h4-10H,3,11H2,1-2H3,(H,19,21). The van der Waals surface area contributed by atoms with Crippen LogP contribution in [0.2, 0.25) is 0 Å². The molecule has 0 aliphatic rings. The second-order valence-corrected chi connectivity index (χ2v) is 5.40. The molecule has 0 aliphatic carbocycles. The SMILES string of the molecule is CCc1ccc(NC(=O)COC(=O)c2cccc(C)c2[N+](=O)[O-])cc1. The fourth-order valence-electron chi connectivity index (χ4n) is 2.30. The van der Waals surface area contributed by atoms with E-state index < -0.39 is 23.4 Å². The smallest absolute Gasteiger partial charge is 0.345 e. The summed E-state index contributed by atoms with van der Waals surface area (Å²) in [7, 11) is 0. The van der Waals surface area contributed by atoms with Crippen molar-refractivity contribution >= 4 is 23.3 Å². The highest BCUT2D eigenvalue weighted by molar-refractivity contribution is 5.97. The van der Waals surface area contributed by atoms with Gasteiger partial charge < -0.3 is 10.1 Å². The molecule has 0 fully saturated rings. The molecule has 0 spiro atoms. The largest absolute Gasteiger partial charge is 0.452 e. The van der Waals surface area contributed by atoms with Gasteiger partial charge in [-0.05, 0) is 37.1 Å². The molecular formula is C18H18N2O5. The van der Waals surface area contributed by atoms with Gasteiger partial charge in [-0.15, -0.1) is 0 Å². The number of nitro groups is 1. The van der Waals surface area contributed by atoms with Gasteiger partial charge in [-0.1, -0.05) is 31.2 Å². The monoisotopic (exact) mass is 342 g/mol. The summed E-state index contributed by atoms with van der Waals surface area (Å²) in [5.74, 6) is -1.43. The van der Waals surface area contributed by atoms with Crippen LogP contribution in [0.3, 0.4) is 0 Å². The van der Waals surface area contributed by atoms with E-state index in [-0.39, 0.29) is 11.3 Å². The minimum absolute atomic E-state index is 0.176. The predicted molar refractivity (Wildman–Crippen MR) is 92.6 cm³/mol. The molecule has 7 nitrogen and oxygen atoms in total. The van der Waals surface area contributed by atoms with Crippen LogP contribution in [0.15, 0.2) is 42.5 Å². The molecule has 7 heteroatoms. The molecule has 0 heterocycles. The molecule has 25 heavy (non-hydrogen) atoms. The molecule has 0 radical (unpaired) electrons. The van der Waals surface area contributed by atoms with Crippen LogP contribution >= 0.6 is 0 Å². The van der Waals surface area contributed by atoms with Gasteiger partial charge in [-0.25, -0.2) is 4.79 Å². The lowest BCUT2D eigenvalue weighted by Gasteiger charge is -2.08. The third-order valence-electron chi connectivity index (χ3n) is 3.62. The maximum Gasteiger partial charge on any atom is 0.345 e. The summed E-state index contributed by atoms with van der Waals surface area (Å²) < 4.78 is 4.90. The molecule has 0 saturated heterocycles. The second kappa shape index (κ2) is 8.05. The number of aryl methyl sites for hydroxylation is 2. The van der Waals surface area contributed by atoms with Gasteiger partial charge in [0.1, 0.15) is 5.56 Å². The zero-order chi connectivity index (χ0) is 18.4. The Hall–Kier alpha value is -3.22. The van der Waals surface area contributed by atoms with Crippen molar-refractivity contribution < 1.29 is 19.2 Å². The Morgan fingerprint density at radius 1 is 1.16 bits per heavy atom. The van der Waals surface area contributed by atoms with E-state index in [1.165, 1.54) is 25.1 Å². The van der Waals surface area contributed by atoms with E-state index in [1.807, 2.05) is 19.1 Å². The van der Waals surface area contributed by atoms with Gasteiger partial charge in [-0.3, -0.25) is 14.9 Å². The summed E-state index contributed by atoms with van der Waals surface area (Å²) >= 11 is 0. The molecule has 2 aromatic carbocycles. The normalized spacial score (nSPS) is 10.2. The maximum absolute atomic E-state index is 12.1. The Labute approximate surface area is 144 Å². The van der Waals surface area contributed by atoms with Crippen LogP contribution in [0.25, 0.3) is 0 Å². The number of nitro benzene ring substituents is 1. The van der Waals surface area contributed by atoms with Crippen LogP contribution in [0.5, 0.6) is 0 Å². The fourth-order valence-corrected chi connectivity index (χ4v) is 2.30. The molecular weight excluding hydrogens is 324 g/mol. The number of nitrogens with one attached hydrogen (secondary N) is 1. The topological polar surface area (TPSA) is 98.5 Å². The van der Waals surface area contributed by atoms with Crippen molar-refractivity contribution in [2.45, 2.75) is 20.3 Å². The third-order valence-corrected chi connectivity index (χ3v) is 3.62. The average Bonchev–Trinajstić information content (AvgIpc) is 2.59. The zero-order valence-corrected chi connectivity index (χ0v) is 13.9. The van der Waals surface area contributed by atoms with Gasteiger partial charge in [0.05, 0.1) is 4.92 Å². The Morgan fingerprint density at radius 2 is 1.84 bits per heavy atom. The van der Waals surface area contributed by atoms with Gasteiger partial charge in [0.25, 0.3) is 11.6 Å². The minimum Gasteiger partial charge on any atom is -0.452 e. The molecule has 2 aromatic rings. The van der Waals surface area contributed by atoms with Crippen LogP contribution in [0, 0.1) is 17.0 Å². The number of hydrogen-bond acceptors (Lipinski definition) is 5. The van der Waals surface area contributed by atoms with Crippen LogP contribution in [0.4, 0.5) is 11.4 Å². The summed E-state index contributed by atoms with van der Waals surface area (Å²) in [6.45, 7) is 3.03. The van der Waals surface area contributed by atoms with E-state index in [2.05, 4.69) is 5.32 Å². The van der Waals surface area contributed by atoms with Crippen molar-refractivity contribution in [1.82, 2.24) is 0 Å². The van der Waals surface area contributed by atoms with E-state index in [0.29, 0.717) is 11.3 Å². The van der Waals surface area contributed by atoms with Crippen LogP contribution in [-0.2, 0) is 16.0 Å². The highest BCUT2D eigenvalue weighted by Gasteiger charge is 2.24. The van der Waals surface area contributed by atoms with Crippen molar-refractivity contribution in [2.75, 3.05) is 11.9 Å². The van der Waals surface area contributed by atoms with E-state index >= 15 is 0 Å². The minimum atomic E-state index is -0.910.